The van der Waals surface area contributed by atoms with Crippen LogP contribution in [0.1, 0.15) is 36.7 Å². The first kappa shape index (κ1) is 22.5. The molecule has 2 aromatic heterocycles. The Morgan fingerprint density at radius 3 is 2.71 bits per heavy atom. The molecule has 3 amide bonds. The van der Waals surface area contributed by atoms with E-state index >= 15 is 0 Å². The number of hydrogen-bond donors (Lipinski definition) is 2. The van der Waals surface area contributed by atoms with Gasteiger partial charge in [-0.15, -0.1) is 0 Å². The van der Waals surface area contributed by atoms with E-state index in [2.05, 4.69) is 21.9 Å². The molecule has 0 radical (unpaired) electrons. The summed E-state index contributed by atoms with van der Waals surface area (Å²) < 4.78 is 13.7. The number of urea groups is 1. The average molecular weight is 443 g/mol. The minimum Gasteiger partial charge on any atom is -0.478 e. The highest BCUT2D eigenvalue weighted by molar-refractivity contribution is 7.98. The van der Waals surface area contributed by atoms with Gasteiger partial charge in [0.2, 0.25) is 5.88 Å². The van der Waals surface area contributed by atoms with Crippen LogP contribution in [0.5, 0.6) is 5.88 Å². The first-order chi connectivity index (χ1) is 15.0. The number of pyridine rings is 1. The third-order valence-corrected chi connectivity index (χ3v) is 5.20. The number of furan rings is 1. The maximum absolute atomic E-state index is 12.3. The van der Waals surface area contributed by atoms with Gasteiger partial charge >= 0.3 is 6.03 Å². The standard InChI is InChI=1S/C22H26N4O4S/c1-4-5-6-11-29-20-10-8-17(14-23-20)31-25-22(28)24-21(27)19-13-15-12-16(26(2)3)7-9-18(15)30-19/h7-10,12-14H,4-6,11H2,1-3H3,(H2,24,25,27,28). The van der Waals surface area contributed by atoms with E-state index in [-0.39, 0.29) is 5.76 Å². The number of ether oxygens (including phenoxy) is 1. The summed E-state index contributed by atoms with van der Waals surface area (Å²) in [6.45, 7) is 2.77. The summed E-state index contributed by atoms with van der Waals surface area (Å²) in [4.78, 5) is 31.3. The zero-order chi connectivity index (χ0) is 22.2. The van der Waals surface area contributed by atoms with Crippen LogP contribution in [0.2, 0.25) is 0 Å². The number of imide groups is 1. The van der Waals surface area contributed by atoms with Gasteiger partial charge in [-0.3, -0.25) is 14.8 Å². The minimum absolute atomic E-state index is 0.0669. The van der Waals surface area contributed by atoms with Crippen LogP contribution in [0.25, 0.3) is 11.0 Å². The Kier molecular flexibility index (Phi) is 7.77. The van der Waals surface area contributed by atoms with Crippen molar-refractivity contribution in [3.63, 3.8) is 0 Å². The highest BCUT2D eigenvalue weighted by atomic mass is 32.2. The van der Waals surface area contributed by atoms with E-state index in [4.69, 9.17) is 9.15 Å². The molecule has 9 heteroatoms. The van der Waals surface area contributed by atoms with Gasteiger partial charge in [0.05, 0.1) is 6.61 Å². The molecular formula is C22H26N4O4S. The van der Waals surface area contributed by atoms with Crippen LogP contribution in [0.15, 0.2) is 51.9 Å². The number of carbonyl (C=O) groups is 2. The topological polar surface area (TPSA) is 96.7 Å². The molecule has 3 rings (SSSR count). The monoisotopic (exact) mass is 442 g/mol. The molecule has 0 bridgehead atoms. The number of nitrogens with zero attached hydrogens (tertiary/aromatic N) is 2. The SMILES string of the molecule is CCCCCOc1ccc(SNC(=O)NC(=O)c2cc3cc(N(C)C)ccc3o2)cn1. The number of aromatic nitrogens is 1. The van der Waals surface area contributed by atoms with Crippen molar-refractivity contribution in [2.45, 2.75) is 31.1 Å². The second-order valence-corrected chi connectivity index (χ2v) is 7.98. The van der Waals surface area contributed by atoms with Gasteiger partial charge in [0.1, 0.15) is 5.58 Å². The molecule has 1 aromatic carbocycles. The smallest absolute Gasteiger partial charge is 0.332 e. The molecule has 0 aliphatic heterocycles. The number of benzene rings is 1. The second-order valence-electron chi connectivity index (χ2n) is 7.10. The lowest BCUT2D eigenvalue weighted by Gasteiger charge is -2.11. The Morgan fingerprint density at radius 1 is 1.16 bits per heavy atom. The van der Waals surface area contributed by atoms with Crippen molar-refractivity contribution in [3.8, 4) is 5.88 Å². The number of anilines is 1. The predicted molar refractivity (Wildman–Crippen MR) is 122 cm³/mol. The largest absolute Gasteiger partial charge is 0.478 e. The van der Waals surface area contributed by atoms with E-state index in [1.54, 1.807) is 30.5 Å². The van der Waals surface area contributed by atoms with E-state index in [1.807, 2.05) is 31.1 Å². The molecule has 164 valence electrons. The number of nitrogens with one attached hydrogen (secondary N) is 2. The maximum Gasteiger partial charge on any atom is 0.332 e. The summed E-state index contributed by atoms with van der Waals surface area (Å²) in [5.74, 6) is -0.00524. The van der Waals surface area contributed by atoms with Crippen molar-refractivity contribution < 1.29 is 18.7 Å². The molecule has 2 N–H and O–H groups in total. The zero-order valence-corrected chi connectivity index (χ0v) is 18.6. The fraction of sp³-hybridized carbons (Fsp3) is 0.318. The highest BCUT2D eigenvalue weighted by Gasteiger charge is 2.16. The highest BCUT2D eigenvalue weighted by Crippen LogP contribution is 2.24. The second kappa shape index (κ2) is 10.7. The van der Waals surface area contributed by atoms with Crippen LogP contribution in [-0.4, -0.2) is 37.6 Å². The van der Waals surface area contributed by atoms with Crippen molar-refractivity contribution in [1.82, 2.24) is 15.0 Å². The van der Waals surface area contributed by atoms with Gasteiger partial charge in [0, 0.05) is 42.3 Å². The first-order valence-electron chi connectivity index (χ1n) is 10.0. The summed E-state index contributed by atoms with van der Waals surface area (Å²) in [7, 11) is 3.86. The zero-order valence-electron chi connectivity index (χ0n) is 17.8. The predicted octanol–water partition coefficient (Wildman–Crippen LogP) is 4.61. The Balaban J connectivity index is 1.49. The fourth-order valence-electron chi connectivity index (χ4n) is 2.76. The lowest BCUT2D eigenvalue weighted by Crippen LogP contribution is -2.36. The Morgan fingerprint density at radius 2 is 2.00 bits per heavy atom. The van der Waals surface area contributed by atoms with Gasteiger partial charge < -0.3 is 14.1 Å². The molecule has 0 saturated carbocycles. The fourth-order valence-corrected chi connectivity index (χ4v) is 3.26. The van der Waals surface area contributed by atoms with Gasteiger partial charge in [-0.2, -0.15) is 0 Å². The van der Waals surface area contributed by atoms with Crippen LogP contribution in [0.4, 0.5) is 10.5 Å². The van der Waals surface area contributed by atoms with Gasteiger partial charge in [0.25, 0.3) is 5.91 Å². The molecule has 0 fully saturated rings. The van der Waals surface area contributed by atoms with E-state index < -0.39 is 11.9 Å². The Labute approximate surface area is 185 Å². The van der Waals surface area contributed by atoms with Crippen molar-refractivity contribution in [3.05, 3.63) is 48.4 Å². The van der Waals surface area contributed by atoms with Crippen LogP contribution >= 0.6 is 11.9 Å². The molecule has 0 aliphatic carbocycles. The van der Waals surface area contributed by atoms with Crippen molar-refractivity contribution in [2.75, 3.05) is 25.6 Å². The third-order valence-electron chi connectivity index (χ3n) is 4.44. The van der Waals surface area contributed by atoms with Gasteiger partial charge in [-0.25, -0.2) is 9.78 Å². The average Bonchev–Trinajstić information content (AvgIpc) is 3.20. The summed E-state index contributed by atoms with van der Waals surface area (Å²) in [6, 6.07) is 10.1. The minimum atomic E-state index is -0.649. The summed E-state index contributed by atoms with van der Waals surface area (Å²) in [6.07, 6.45) is 4.85. The molecule has 0 atom stereocenters. The van der Waals surface area contributed by atoms with E-state index in [9.17, 15) is 9.59 Å². The summed E-state index contributed by atoms with van der Waals surface area (Å²) in [5.41, 5.74) is 1.56. The van der Waals surface area contributed by atoms with Crippen LogP contribution in [0, 0.1) is 0 Å². The third kappa shape index (κ3) is 6.39. The molecule has 0 unspecified atom stereocenters. The molecule has 0 saturated heterocycles. The van der Waals surface area contributed by atoms with Crippen LogP contribution < -0.4 is 19.7 Å². The number of fused-ring (bicyclic) bond motifs is 1. The van der Waals surface area contributed by atoms with E-state index in [1.165, 1.54) is 0 Å². The molecule has 0 aliphatic rings. The maximum atomic E-state index is 12.3. The summed E-state index contributed by atoms with van der Waals surface area (Å²) >= 11 is 1.05. The number of amides is 3. The van der Waals surface area contributed by atoms with Crippen molar-refractivity contribution in [2.24, 2.45) is 0 Å². The van der Waals surface area contributed by atoms with Crippen molar-refractivity contribution >= 4 is 40.5 Å². The van der Waals surface area contributed by atoms with Crippen LogP contribution in [0.3, 0.4) is 0 Å². The molecule has 0 spiro atoms. The normalized spacial score (nSPS) is 10.7. The first-order valence-corrected chi connectivity index (χ1v) is 10.9. The summed E-state index contributed by atoms with van der Waals surface area (Å²) in [5, 5.41) is 3.04. The lowest BCUT2D eigenvalue weighted by molar-refractivity contribution is 0.0940. The number of unbranched alkanes of at least 4 members (excludes halogenated alkanes) is 2. The molecule has 3 aromatic rings. The number of carbonyl (C=O) groups excluding carboxylic acids is 2. The molecule has 2 heterocycles. The molecular weight excluding hydrogens is 416 g/mol. The van der Waals surface area contributed by atoms with Gasteiger partial charge in [0.15, 0.2) is 5.76 Å². The van der Waals surface area contributed by atoms with E-state index in [0.717, 1.165) is 42.3 Å². The number of hydrogen-bond acceptors (Lipinski definition) is 7. The Hall–Kier alpha value is -3.20. The van der Waals surface area contributed by atoms with E-state index in [0.29, 0.717) is 23.0 Å². The molecule has 8 nitrogen and oxygen atoms in total. The Bertz CT molecular complexity index is 1030. The van der Waals surface area contributed by atoms with Crippen LogP contribution in [-0.2, 0) is 0 Å². The number of rotatable bonds is 9. The molecule has 31 heavy (non-hydrogen) atoms. The lowest BCUT2D eigenvalue weighted by atomic mass is 10.2. The van der Waals surface area contributed by atoms with Gasteiger partial charge in [-0.1, -0.05) is 19.8 Å². The van der Waals surface area contributed by atoms with Crippen molar-refractivity contribution in [1.29, 1.82) is 0 Å². The van der Waals surface area contributed by atoms with Gasteiger partial charge in [-0.05, 0) is 48.7 Å². The quantitative estimate of drug-likeness (QED) is 0.369.